The zero-order valence-electron chi connectivity index (χ0n) is 16.3. The summed E-state index contributed by atoms with van der Waals surface area (Å²) in [7, 11) is 1.78. The first kappa shape index (κ1) is 22.3. The number of aromatic nitrogens is 2. The molecule has 3 rings (SSSR count). The van der Waals surface area contributed by atoms with Crippen LogP contribution in [-0.4, -0.2) is 29.2 Å². The molecule has 28 heavy (non-hydrogen) atoms. The predicted molar refractivity (Wildman–Crippen MR) is 129 cm³/mol. The molecule has 148 valence electrons. The molecule has 7 heteroatoms. The summed E-state index contributed by atoms with van der Waals surface area (Å²) in [6.45, 7) is 3.42. The lowest BCUT2D eigenvalue weighted by Crippen LogP contribution is -2.36. The minimum Gasteiger partial charge on any atom is -0.352 e. The molecular weight excluding hydrogens is 481 g/mol. The predicted octanol–water partition coefficient (Wildman–Crippen LogP) is 4.59. The minimum absolute atomic E-state index is 0. The van der Waals surface area contributed by atoms with Crippen LogP contribution >= 0.6 is 35.7 Å². The SMILES string of the molecule is CN=C(NCc1ncc(-c2ccccc2)[nH]1)NCc1ccc(C)cc1SC.I. The van der Waals surface area contributed by atoms with Gasteiger partial charge in [0, 0.05) is 18.5 Å². The average Bonchev–Trinajstić information content (AvgIpc) is 3.18. The fourth-order valence-corrected chi connectivity index (χ4v) is 3.49. The molecule has 0 aliphatic rings. The van der Waals surface area contributed by atoms with Gasteiger partial charge in [-0.2, -0.15) is 0 Å². The molecule has 0 fully saturated rings. The Hall–Kier alpha value is -2.00. The van der Waals surface area contributed by atoms with Crippen molar-refractivity contribution >= 4 is 41.7 Å². The third-order valence-electron chi connectivity index (χ3n) is 4.25. The number of nitrogens with zero attached hydrogens (tertiary/aromatic N) is 2. The fourth-order valence-electron chi connectivity index (χ4n) is 2.78. The van der Waals surface area contributed by atoms with Crippen molar-refractivity contribution in [1.29, 1.82) is 0 Å². The summed E-state index contributed by atoms with van der Waals surface area (Å²) in [6.07, 6.45) is 3.96. The minimum atomic E-state index is 0. The fraction of sp³-hybridized carbons (Fsp3) is 0.238. The number of thioether (sulfide) groups is 1. The number of nitrogens with one attached hydrogen (secondary N) is 3. The van der Waals surface area contributed by atoms with Crippen molar-refractivity contribution in [1.82, 2.24) is 20.6 Å². The topological polar surface area (TPSA) is 65.1 Å². The van der Waals surface area contributed by atoms with Crippen molar-refractivity contribution in [2.24, 2.45) is 4.99 Å². The lowest BCUT2D eigenvalue weighted by molar-refractivity contribution is 0.777. The molecule has 3 N–H and O–H groups in total. The number of aromatic amines is 1. The van der Waals surface area contributed by atoms with E-state index in [4.69, 9.17) is 0 Å². The van der Waals surface area contributed by atoms with Crippen molar-refractivity contribution in [2.45, 2.75) is 24.9 Å². The molecule has 2 aromatic carbocycles. The maximum atomic E-state index is 4.45. The quantitative estimate of drug-likeness (QED) is 0.198. The summed E-state index contributed by atoms with van der Waals surface area (Å²) >= 11 is 1.76. The second-order valence-corrected chi connectivity index (χ2v) is 7.05. The zero-order valence-corrected chi connectivity index (χ0v) is 19.5. The van der Waals surface area contributed by atoms with Crippen LogP contribution in [0.25, 0.3) is 11.3 Å². The Bertz CT molecular complexity index is 908. The first-order valence-electron chi connectivity index (χ1n) is 8.87. The molecule has 0 atom stereocenters. The number of aliphatic imine (C=N–C) groups is 1. The van der Waals surface area contributed by atoms with E-state index in [9.17, 15) is 0 Å². The number of hydrogen-bond donors (Lipinski definition) is 3. The molecule has 0 amide bonds. The van der Waals surface area contributed by atoms with Crippen LogP contribution in [0.3, 0.4) is 0 Å². The van der Waals surface area contributed by atoms with Gasteiger partial charge in [-0.15, -0.1) is 35.7 Å². The van der Waals surface area contributed by atoms with Crippen molar-refractivity contribution < 1.29 is 0 Å². The Labute approximate surface area is 187 Å². The molecular formula is C21H26IN5S. The molecule has 0 aliphatic heterocycles. The van der Waals surface area contributed by atoms with Crippen LogP contribution in [0.15, 0.2) is 64.6 Å². The van der Waals surface area contributed by atoms with Gasteiger partial charge in [-0.05, 0) is 35.9 Å². The summed E-state index contributed by atoms with van der Waals surface area (Å²) in [4.78, 5) is 13.4. The van der Waals surface area contributed by atoms with Gasteiger partial charge in [0.15, 0.2) is 5.96 Å². The summed E-state index contributed by atoms with van der Waals surface area (Å²) < 4.78 is 0. The number of imidazole rings is 1. The molecule has 5 nitrogen and oxygen atoms in total. The highest BCUT2D eigenvalue weighted by Gasteiger charge is 2.06. The van der Waals surface area contributed by atoms with Crippen molar-refractivity contribution in [2.75, 3.05) is 13.3 Å². The van der Waals surface area contributed by atoms with E-state index in [2.05, 4.69) is 69.1 Å². The first-order valence-corrected chi connectivity index (χ1v) is 10.1. The number of hydrogen-bond acceptors (Lipinski definition) is 3. The highest BCUT2D eigenvalue weighted by atomic mass is 127. The standard InChI is InChI=1S/C21H25N5S.HI/c1-15-9-10-17(19(11-15)27-3)12-24-21(22-2)25-14-20-23-13-18(26-20)16-7-5-4-6-8-16;/h4-11,13H,12,14H2,1-3H3,(H,23,26)(H2,22,24,25);1H. The van der Waals surface area contributed by atoms with Crippen molar-refractivity contribution in [3.63, 3.8) is 0 Å². The second-order valence-electron chi connectivity index (χ2n) is 6.20. The smallest absolute Gasteiger partial charge is 0.191 e. The van der Waals surface area contributed by atoms with Gasteiger partial charge < -0.3 is 15.6 Å². The van der Waals surface area contributed by atoms with E-state index < -0.39 is 0 Å². The van der Waals surface area contributed by atoms with Gasteiger partial charge in [0.05, 0.1) is 18.4 Å². The van der Waals surface area contributed by atoms with Gasteiger partial charge in [0.2, 0.25) is 0 Å². The average molecular weight is 507 g/mol. The van der Waals surface area contributed by atoms with Gasteiger partial charge >= 0.3 is 0 Å². The number of H-pyrrole nitrogens is 1. The zero-order chi connectivity index (χ0) is 19.1. The number of benzene rings is 2. The Kier molecular flexibility index (Phi) is 8.85. The van der Waals surface area contributed by atoms with Crippen LogP contribution in [0, 0.1) is 6.92 Å². The molecule has 0 bridgehead atoms. The Balaban J connectivity index is 0.00000280. The maximum Gasteiger partial charge on any atom is 0.191 e. The normalized spacial score (nSPS) is 11.0. The Morgan fingerprint density at radius 3 is 2.57 bits per heavy atom. The molecule has 0 saturated carbocycles. The van der Waals surface area contributed by atoms with Crippen LogP contribution in [0.2, 0.25) is 0 Å². The molecule has 0 unspecified atom stereocenters. The number of rotatable bonds is 6. The van der Waals surface area contributed by atoms with E-state index in [1.165, 1.54) is 16.0 Å². The molecule has 1 heterocycles. The van der Waals surface area contributed by atoms with E-state index in [0.717, 1.165) is 29.6 Å². The van der Waals surface area contributed by atoms with E-state index in [1.807, 2.05) is 24.4 Å². The highest BCUT2D eigenvalue weighted by molar-refractivity contribution is 14.0. The van der Waals surface area contributed by atoms with E-state index in [0.29, 0.717) is 6.54 Å². The van der Waals surface area contributed by atoms with E-state index >= 15 is 0 Å². The number of guanidine groups is 1. The molecule has 0 saturated heterocycles. The summed E-state index contributed by atoms with van der Waals surface area (Å²) in [5.74, 6) is 1.62. The van der Waals surface area contributed by atoms with Gasteiger partial charge in [-0.1, -0.05) is 42.5 Å². The highest BCUT2D eigenvalue weighted by Crippen LogP contribution is 2.21. The van der Waals surface area contributed by atoms with Gasteiger partial charge in [-0.25, -0.2) is 4.98 Å². The lowest BCUT2D eigenvalue weighted by Gasteiger charge is -2.13. The molecule has 1 aromatic heterocycles. The summed E-state index contributed by atoms with van der Waals surface area (Å²) in [5.41, 5.74) is 4.68. The monoisotopic (exact) mass is 507 g/mol. The van der Waals surface area contributed by atoms with Crippen molar-refractivity contribution in [3.05, 3.63) is 71.7 Å². The van der Waals surface area contributed by atoms with Gasteiger partial charge in [0.25, 0.3) is 0 Å². The van der Waals surface area contributed by atoms with Gasteiger partial charge in [-0.3, -0.25) is 4.99 Å². The third-order valence-corrected chi connectivity index (χ3v) is 5.07. The molecule has 0 aliphatic carbocycles. The molecule has 3 aromatic rings. The third kappa shape index (κ3) is 6.00. The Morgan fingerprint density at radius 1 is 1.11 bits per heavy atom. The van der Waals surface area contributed by atoms with Crippen molar-refractivity contribution in [3.8, 4) is 11.3 Å². The first-order chi connectivity index (χ1) is 13.2. The Morgan fingerprint density at radius 2 is 1.86 bits per heavy atom. The van der Waals surface area contributed by atoms with Crippen LogP contribution < -0.4 is 10.6 Å². The molecule has 0 spiro atoms. The van der Waals surface area contributed by atoms with Crippen LogP contribution in [0.4, 0.5) is 0 Å². The van der Waals surface area contributed by atoms with Crippen LogP contribution in [0.5, 0.6) is 0 Å². The summed E-state index contributed by atoms with van der Waals surface area (Å²) in [5, 5.41) is 6.68. The van der Waals surface area contributed by atoms with Crippen LogP contribution in [0.1, 0.15) is 17.0 Å². The second kappa shape index (κ2) is 11.1. The van der Waals surface area contributed by atoms with E-state index in [1.54, 1.807) is 18.8 Å². The number of halogens is 1. The number of aryl methyl sites for hydroxylation is 1. The summed E-state index contributed by atoms with van der Waals surface area (Å²) in [6, 6.07) is 16.7. The van der Waals surface area contributed by atoms with Crippen LogP contribution in [-0.2, 0) is 13.1 Å². The van der Waals surface area contributed by atoms with E-state index in [-0.39, 0.29) is 24.0 Å². The van der Waals surface area contributed by atoms with Gasteiger partial charge in [0.1, 0.15) is 5.82 Å². The largest absolute Gasteiger partial charge is 0.352 e. The molecule has 0 radical (unpaired) electrons. The maximum absolute atomic E-state index is 4.45. The lowest BCUT2D eigenvalue weighted by atomic mass is 10.1.